The van der Waals surface area contributed by atoms with E-state index in [-0.39, 0.29) is 12.2 Å². The van der Waals surface area contributed by atoms with Crippen molar-refractivity contribution in [1.29, 1.82) is 0 Å². The predicted octanol–water partition coefficient (Wildman–Crippen LogP) is 3.05. The molecule has 0 saturated heterocycles. The van der Waals surface area contributed by atoms with E-state index in [2.05, 4.69) is 15.0 Å². The van der Waals surface area contributed by atoms with Crippen LogP contribution in [0, 0.1) is 6.92 Å². The van der Waals surface area contributed by atoms with Crippen molar-refractivity contribution in [3.05, 3.63) is 57.6 Å². The summed E-state index contributed by atoms with van der Waals surface area (Å²) in [6, 6.07) is 5.27. The van der Waals surface area contributed by atoms with Gasteiger partial charge in [-0.1, -0.05) is 0 Å². The van der Waals surface area contributed by atoms with E-state index < -0.39 is 5.97 Å². The van der Waals surface area contributed by atoms with E-state index in [1.165, 1.54) is 17.4 Å². The first kappa shape index (κ1) is 16.1. The summed E-state index contributed by atoms with van der Waals surface area (Å²) in [5.74, 6) is -0.463. The highest BCUT2D eigenvalue weighted by Crippen LogP contribution is 2.27. The standard InChI is InChI=1S/C17H15N3O3S/c1-3-23-17(22)12-7-13(15(21)19-10(12)2)14-9-24-16(20-14)11-5-4-6-18-8-11/h4-9H,3H2,1-2H3,(H,19,21). The summed E-state index contributed by atoms with van der Waals surface area (Å²) in [5.41, 5.74) is 2.26. The van der Waals surface area contributed by atoms with Crippen molar-refractivity contribution in [2.75, 3.05) is 6.61 Å². The molecule has 0 aliphatic heterocycles. The van der Waals surface area contributed by atoms with Gasteiger partial charge in [0.25, 0.3) is 5.56 Å². The van der Waals surface area contributed by atoms with Crippen LogP contribution in [0.5, 0.6) is 0 Å². The third kappa shape index (κ3) is 3.11. The van der Waals surface area contributed by atoms with E-state index in [1.807, 2.05) is 12.1 Å². The van der Waals surface area contributed by atoms with Crippen LogP contribution in [0.25, 0.3) is 21.8 Å². The number of aromatic nitrogens is 3. The molecule has 3 rings (SSSR count). The monoisotopic (exact) mass is 341 g/mol. The SMILES string of the molecule is CCOC(=O)c1cc(-c2csc(-c3cccnc3)n2)c(=O)[nH]c1C. The predicted molar refractivity (Wildman–Crippen MR) is 92.1 cm³/mol. The zero-order chi connectivity index (χ0) is 17.1. The fourth-order valence-electron chi connectivity index (χ4n) is 2.25. The van der Waals surface area contributed by atoms with Crippen molar-refractivity contribution in [2.45, 2.75) is 13.8 Å². The maximum atomic E-state index is 12.3. The van der Waals surface area contributed by atoms with Gasteiger partial charge in [0.05, 0.1) is 23.4 Å². The summed E-state index contributed by atoms with van der Waals surface area (Å²) < 4.78 is 5.03. The van der Waals surface area contributed by atoms with Gasteiger partial charge in [-0.05, 0) is 32.0 Å². The summed E-state index contributed by atoms with van der Waals surface area (Å²) in [6.45, 7) is 3.68. The Labute approximate surface area is 142 Å². The molecule has 1 N–H and O–H groups in total. The highest BCUT2D eigenvalue weighted by molar-refractivity contribution is 7.13. The molecule has 0 aliphatic rings. The van der Waals surface area contributed by atoms with Crippen LogP contribution in [0.4, 0.5) is 0 Å². The van der Waals surface area contributed by atoms with Gasteiger partial charge in [0.1, 0.15) is 5.01 Å². The molecule has 0 saturated carbocycles. The van der Waals surface area contributed by atoms with Gasteiger partial charge >= 0.3 is 5.97 Å². The summed E-state index contributed by atoms with van der Waals surface area (Å²) in [4.78, 5) is 35.5. The summed E-state index contributed by atoms with van der Waals surface area (Å²) in [5, 5.41) is 2.55. The molecule has 0 fully saturated rings. The molecule has 0 spiro atoms. The second-order valence-electron chi connectivity index (χ2n) is 5.05. The molecule has 7 heteroatoms. The topological polar surface area (TPSA) is 84.9 Å². The Kier molecular flexibility index (Phi) is 4.52. The van der Waals surface area contributed by atoms with E-state index >= 15 is 0 Å². The van der Waals surface area contributed by atoms with E-state index in [1.54, 1.807) is 31.6 Å². The number of thiazole rings is 1. The zero-order valence-electron chi connectivity index (χ0n) is 13.2. The van der Waals surface area contributed by atoms with Gasteiger partial charge in [-0.15, -0.1) is 11.3 Å². The van der Waals surface area contributed by atoms with Crippen molar-refractivity contribution in [1.82, 2.24) is 15.0 Å². The van der Waals surface area contributed by atoms with Crippen LogP contribution in [0.3, 0.4) is 0 Å². The number of rotatable bonds is 4. The number of hydrogen-bond donors (Lipinski definition) is 1. The van der Waals surface area contributed by atoms with E-state index in [9.17, 15) is 9.59 Å². The van der Waals surface area contributed by atoms with Gasteiger partial charge < -0.3 is 9.72 Å². The first-order valence-electron chi connectivity index (χ1n) is 7.37. The van der Waals surface area contributed by atoms with Crippen LogP contribution in [-0.4, -0.2) is 27.5 Å². The molecule has 0 atom stereocenters. The smallest absolute Gasteiger partial charge is 0.339 e. The van der Waals surface area contributed by atoms with E-state index in [4.69, 9.17) is 4.74 Å². The average molecular weight is 341 g/mol. The van der Waals surface area contributed by atoms with Gasteiger partial charge in [0, 0.05) is 29.0 Å². The second-order valence-corrected chi connectivity index (χ2v) is 5.91. The Morgan fingerprint density at radius 1 is 1.42 bits per heavy atom. The first-order chi connectivity index (χ1) is 11.6. The molecule has 6 nitrogen and oxygen atoms in total. The lowest BCUT2D eigenvalue weighted by atomic mass is 10.1. The number of aromatic amines is 1. The van der Waals surface area contributed by atoms with Gasteiger partial charge in [-0.25, -0.2) is 9.78 Å². The minimum atomic E-state index is -0.463. The van der Waals surface area contributed by atoms with E-state index in [0.29, 0.717) is 22.5 Å². The molecule has 0 amide bonds. The summed E-state index contributed by atoms with van der Waals surface area (Å²) in [7, 11) is 0. The molecule has 24 heavy (non-hydrogen) atoms. The number of nitrogens with zero attached hydrogens (tertiary/aromatic N) is 2. The highest BCUT2D eigenvalue weighted by Gasteiger charge is 2.17. The molecule has 3 aromatic heterocycles. The van der Waals surface area contributed by atoms with Crippen molar-refractivity contribution >= 4 is 17.3 Å². The normalized spacial score (nSPS) is 10.6. The number of carbonyl (C=O) groups is 1. The average Bonchev–Trinajstić information content (AvgIpc) is 3.05. The second kappa shape index (κ2) is 6.76. The fourth-order valence-corrected chi connectivity index (χ4v) is 3.06. The Balaban J connectivity index is 2.04. The largest absolute Gasteiger partial charge is 0.462 e. The molecular weight excluding hydrogens is 326 g/mol. The van der Waals surface area contributed by atoms with Crippen LogP contribution in [0.1, 0.15) is 23.0 Å². The van der Waals surface area contributed by atoms with Crippen LogP contribution in [0.15, 0.2) is 40.8 Å². The summed E-state index contributed by atoms with van der Waals surface area (Å²) in [6.07, 6.45) is 3.40. The zero-order valence-corrected chi connectivity index (χ0v) is 14.0. The van der Waals surface area contributed by atoms with Crippen LogP contribution in [0.2, 0.25) is 0 Å². The molecule has 0 unspecified atom stereocenters. The number of esters is 1. The van der Waals surface area contributed by atoms with Gasteiger partial charge in [0.2, 0.25) is 0 Å². The van der Waals surface area contributed by atoms with Crippen LogP contribution >= 0.6 is 11.3 Å². The number of H-pyrrole nitrogens is 1. The highest BCUT2D eigenvalue weighted by atomic mass is 32.1. The lowest BCUT2D eigenvalue weighted by molar-refractivity contribution is 0.0525. The van der Waals surface area contributed by atoms with Crippen molar-refractivity contribution < 1.29 is 9.53 Å². The molecule has 0 aromatic carbocycles. The quantitative estimate of drug-likeness (QED) is 0.737. The van der Waals surface area contributed by atoms with Gasteiger partial charge in [-0.2, -0.15) is 0 Å². The first-order valence-corrected chi connectivity index (χ1v) is 8.25. The molecule has 0 radical (unpaired) electrons. The minimum absolute atomic E-state index is 0.272. The fraction of sp³-hybridized carbons (Fsp3) is 0.176. The third-order valence-electron chi connectivity index (χ3n) is 3.42. The van der Waals surface area contributed by atoms with Crippen LogP contribution < -0.4 is 5.56 Å². The number of pyridine rings is 2. The third-order valence-corrected chi connectivity index (χ3v) is 4.31. The van der Waals surface area contributed by atoms with Crippen molar-refractivity contribution in [3.8, 4) is 21.8 Å². The Hall–Kier alpha value is -2.80. The lowest BCUT2D eigenvalue weighted by Gasteiger charge is -2.06. The maximum Gasteiger partial charge on any atom is 0.339 e. The lowest BCUT2D eigenvalue weighted by Crippen LogP contribution is -2.16. The van der Waals surface area contributed by atoms with E-state index in [0.717, 1.165) is 10.6 Å². The Morgan fingerprint density at radius 3 is 2.96 bits per heavy atom. The molecule has 3 aromatic rings. The minimum Gasteiger partial charge on any atom is -0.462 e. The van der Waals surface area contributed by atoms with Crippen molar-refractivity contribution in [2.24, 2.45) is 0 Å². The molecule has 122 valence electrons. The number of ether oxygens (including phenoxy) is 1. The number of aryl methyl sites for hydroxylation is 1. The van der Waals surface area contributed by atoms with Gasteiger partial charge in [0.15, 0.2) is 0 Å². The molecule has 0 aliphatic carbocycles. The maximum absolute atomic E-state index is 12.3. The molecular formula is C17H15N3O3S. The number of carbonyl (C=O) groups excluding carboxylic acids is 1. The van der Waals surface area contributed by atoms with Crippen molar-refractivity contribution in [3.63, 3.8) is 0 Å². The Bertz CT molecular complexity index is 932. The Morgan fingerprint density at radius 2 is 2.25 bits per heavy atom. The number of nitrogens with one attached hydrogen (secondary N) is 1. The molecule has 0 bridgehead atoms. The van der Waals surface area contributed by atoms with Crippen LogP contribution in [-0.2, 0) is 4.74 Å². The summed E-state index contributed by atoms with van der Waals surface area (Å²) >= 11 is 1.41. The molecule has 3 heterocycles. The van der Waals surface area contributed by atoms with Gasteiger partial charge in [-0.3, -0.25) is 9.78 Å². The number of hydrogen-bond acceptors (Lipinski definition) is 6.